The van der Waals surface area contributed by atoms with Crippen LogP contribution in [0.15, 0.2) is 24.3 Å². The van der Waals surface area contributed by atoms with E-state index in [9.17, 15) is 0 Å². The van der Waals surface area contributed by atoms with Gasteiger partial charge >= 0.3 is 0 Å². The molecule has 0 aliphatic heterocycles. The summed E-state index contributed by atoms with van der Waals surface area (Å²) >= 11 is 0. The summed E-state index contributed by atoms with van der Waals surface area (Å²) in [6.45, 7) is 7.23. The van der Waals surface area contributed by atoms with Crippen LogP contribution in [0.5, 0.6) is 0 Å². The van der Waals surface area contributed by atoms with Gasteiger partial charge < -0.3 is 15.2 Å². The van der Waals surface area contributed by atoms with E-state index in [0.29, 0.717) is 19.1 Å². The Kier molecular flexibility index (Phi) is 6.86. The maximum absolute atomic E-state index is 8.53. The molecule has 3 nitrogen and oxygen atoms in total. The number of benzene rings is 1. The fraction of sp³-hybridized carbons (Fsp3) is 0.571. The van der Waals surface area contributed by atoms with Crippen molar-refractivity contribution in [3.8, 4) is 0 Å². The Labute approximate surface area is 104 Å². The lowest BCUT2D eigenvalue weighted by atomic mass is 10.0. The average molecular weight is 237 g/mol. The van der Waals surface area contributed by atoms with Crippen LogP contribution in [0.25, 0.3) is 0 Å². The fourth-order valence-corrected chi connectivity index (χ4v) is 1.56. The molecule has 3 heteroatoms. The molecule has 1 rings (SSSR count). The predicted molar refractivity (Wildman–Crippen MR) is 70.1 cm³/mol. The third kappa shape index (κ3) is 5.82. The summed E-state index contributed by atoms with van der Waals surface area (Å²) in [7, 11) is 0. The maximum Gasteiger partial charge on any atom is 0.0698 e. The van der Waals surface area contributed by atoms with E-state index in [1.165, 1.54) is 11.1 Å². The lowest BCUT2D eigenvalue weighted by Gasteiger charge is -2.08. The van der Waals surface area contributed by atoms with Gasteiger partial charge in [0.15, 0.2) is 0 Å². The van der Waals surface area contributed by atoms with Gasteiger partial charge in [-0.2, -0.15) is 0 Å². The van der Waals surface area contributed by atoms with Crippen LogP contribution in [0, 0.1) is 0 Å². The van der Waals surface area contributed by atoms with E-state index in [2.05, 4.69) is 43.4 Å². The summed E-state index contributed by atoms with van der Waals surface area (Å²) in [6, 6.07) is 8.70. The van der Waals surface area contributed by atoms with Crippen LogP contribution in [0.2, 0.25) is 0 Å². The van der Waals surface area contributed by atoms with Gasteiger partial charge in [-0.3, -0.25) is 0 Å². The van der Waals surface area contributed by atoms with Gasteiger partial charge in [0.1, 0.15) is 0 Å². The number of aliphatic hydroxyl groups excluding tert-OH is 1. The molecule has 0 heterocycles. The molecule has 0 unspecified atom stereocenters. The summed E-state index contributed by atoms with van der Waals surface area (Å²) in [5.74, 6) is 0.587. The fourth-order valence-electron chi connectivity index (χ4n) is 1.56. The highest BCUT2D eigenvalue weighted by Gasteiger charge is 1.98. The molecular formula is C14H23NO2. The molecule has 1 aromatic rings. The van der Waals surface area contributed by atoms with E-state index >= 15 is 0 Å². The molecule has 0 aliphatic rings. The van der Waals surface area contributed by atoms with Gasteiger partial charge in [0.2, 0.25) is 0 Å². The third-order valence-corrected chi connectivity index (χ3v) is 2.63. The van der Waals surface area contributed by atoms with Crippen molar-refractivity contribution >= 4 is 0 Å². The molecular weight excluding hydrogens is 214 g/mol. The number of ether oxygens (including phenoxy) is 1. The highest BCUT2D eigenvalue weighted by molar-refractivity contribution is 5.24. The zero-order chi connectivity index (χ0) is 12.5. The zero-order valence-electron chi connectivity index (χ0n) is 10.8. The molecule has 17 heavy (non-hydrogen) atoms. The van der Waals surface area contributed by atoms with Crippen molar-refractivity contribution in [1.82, 2.24) is 5.32 Å². The van der Waals surface area contributed by atoms with Crippen LogP contribution in [-0.2, 0) is 11.3 Å². The first-order valence-corrected chi connectivity index (χ1v) is 6.22. The second-order valence-electron chi connectivity index (χ2n) is 4.41. The molecule has 0 fully saturated rings. The van der Waals surface area contributed by atoms with Crippen LogP contribution in [0.4, 0.5) is 0 Å². The van der Waals surface area contributed by atoms with E-state index < -0.39 is 0 Å². The van der Waals surface area contributed by atoms with Gasteiger partial charge in [0.05, 0.1) is 19.8 Å². The van der Waals surface area contributed by atoms with Gasteiger partial charge in [-0.15, -0.1) is 0 Å². The monoisotopic (exact) mass is 237 g/mol. The Hall–Kier alpha value is -0.900. The van der Waals surface area contributed by atoms with Crippen molar-refractivity contribution in [2.45, 2.75) is 26.3 Å². The van der Waals surface area contributed by atoms with Crippen molar-refractivity contribution in [2.75, 3.05) is 26.4 Å². The first-order chi connectivity index (χ1) is 8.24. The summed E-state index contributed by atoms with van der Waals surface area (Å²) in [6.07, 6.45) is 0. The topological polar surface area (TPSA) is 41.5 Å². The second kappa shape index (κ2) is 8.23. The van der Waals surface area contributed by atoms with Crippen LogP contribution < -0.4 is 5.32 Å². The first-order valence-electron chi connectivity index (χ1n) is 6.22. The summed E-state index contributed by atoms with van der Waals surface area (Å²) in [4.78, 5) is 0. The SMILES string of the molecule is CC(C)c1ccc(CNCCOCCO)cc1. The van der Waals surface area contributed by atoms with E-state index in [0.717, 1.165) is 13.1 Å². The Balaban J connectivity index is 2.19. The van der Waals surface area contributed by atoms with Gasteiger partial charge in [-0.1, -0.05) is 38.1 Å². The number of hydrogen-bond donors (Lipinski definition) is 2. The van der Waals surface area contributed by atoms with E-state index in [4.69, 9.17) is 9.84 Å². The molecule has 0 bridgehead atoms. The number of aliphatic hydroxyl groups is 1. The lowest BCUT2D eigenvalue weighted by Crippen LogP contribution is -2.19. The van der Waals surface area contributed by atoms with Crippen molar-refractivity contribution in [3.05, 3.63) is 35.4 Å². The molecule has 1 aromatic carbocycles. The normalized spacial score (nSPS) is 11.1. The van der Waals surface area contributed by atoms with Crippen LogP contribution >= 0.6 is 0 Å². The highest BCUT2D eigenvalue weighted by atomic mass is 16.5. The molecule has 0 saturated carbocycles. The molecule has 0 aromatic heterocycles. The van der Waals surface area contributed by atoms with Crippen molar-refractivity contribution in [1.29, 1.82) is 0 Å². The van der Waals surface area contributed by atoms with Crippen molar-refractivity contribution in [3.63, 3.8) is 0 Å². The standard InChI is InChI=1S/C14H23NO2/c1-12(2)14-5-3-13(4-6-14)11-15-7-9-17-10-8-16/h3-6,12,15-16H,7-11H2,1-2H3. The summed E-state index contributed by atoms with van der Waals surface area (Å²) in [5, 5.41) is 11.8. The minimum absolute atomic E-state index is 0.0939. The van der Waals surface area contributed by atoms with E-state index in [1.807, 2.05) is 0 Å². The largest absolute Gasteiger partial charge is 0.394 e. The van der Waals surface area contributed by atoms with Crippen LogP contribution in [0.3, 0.4) is 0 Å². The van der Waals surface area contributed by atoms with Gasteiger partial charge in [-0.25, -0.2) is 0 Å². The van der Waals surface area contributed by atoms with Crippen molar-refractivity contribution < 1.29 is 9.84 Å². The highest BCUT2D eigenvalue weighted by Crippen LogP contribution is 2.14. The Morgan fingerprint density at radius 2 is 1.88 bits per heavy atom. The lowest BCUT2D eigenvalue weighted by molar-refractivity contribution is 0.0938. The minimum atomic E-state index is 0.0939. The molecule has 2 N–H and O–H groups in total. The molecule has 0 amide bonds. The van der Waals surface area contributed by atoms with Gasteiger partial charge in [0, 0.05) is 13.1 Å². The molecule has 0 spiro atoms. The van der Waals surface area contributed by atoms with Crippen molar-refractivity contribution in [2.24, 2.45) is 0 Å². The first kappa shape index (κ1) is 14.2. The average Bonchev–Trinajstić information content (AvgIpc) is 2.34. The van der Waals surface area contributed by atoms with Crippen LogP contribution in [0.1, 0.15) is 30.9 Å². The number of rotatable bonds is 8. The second-order valence-corrected chi connectivity index (χ2v) is 4.41. The Morgan fingerprint density at radius 3 is 2.47 bits per heavy atom. The molecule has 0 atom stereocenters. The number of nitrogens with one attached hydrogen (secondary N) is 1. The summed E-state index contributed by atoms with van der Waals surface area (Å²) in [5.41, 5.74) is 2.66. The van der Waals surface area contributed by atoms with Gasteiger partial charge in [0.25, 0.3) is 0 Å². The Bertz CT molecular complexity index is 296. The molecule has 0 radical (unpaired) electrons. The smallest absolute Gasteiger partial charge is 0.0698 e. The zero-order valence-corrected chi connectivity index (χ0v) is 10.8. The Morgan fingerprint density at radius 1 is 1.18 bits per heavy atom. The molecule has 0 saturated heterocycles. The molecule has 0 aliphatic carbocycles. The van der Waals surface area contributed by atoms with E-state index in [-0.39, 0.29) is 6.61 Å². The van der Waals surface area contributed by atoms with E-state index in [1.54, 1.807) is 0 Å². The minimum Gasteiger partial charge on any atom is -0.394 e. The predicted octanol–water partition coefficient (Wildman–Crippen LogP) is 1.91. The maximum atomic E-state index is 8.53. The number of hydrogen-bond acceptors (Lipinski definition) is 3. The summed E-state index contributed by atoms with van der Waals surface area (Å²) < 4.78 is 5.16. The quantitative estimate of drug-likeness (QED) is 0.679. The molecule has 96 valence electrons. The van der Waals surface area contributed by atoms with Crippen LogP contribution in [-0.4, -0.2) is 31.5 Å². The third-order valence-electron chi connectivity index (χ3n) is 2.63. The van der Waals surface area contributed by atoms with Gasteiger partial charge in [-0.05, 0) is 17.0 Å².